The molecule has 0 aliphatic carbocycles. The van der Waals surface area contributed by atoms with Gasteiger partial charge in [0.25, 0.3) is 0 Å². The maximum atomic E-state index is 15.0. The number of piperidine rings is 1. The number of carbonyl (C=O) groups excluding carboxylic acids is 1. The van der Waals surface area contributed by atoms with Gasteiger partial charge in [-0.05, 0) is 44.5 Å². The van der Waals surface area contributed by atoms with E-state index in [1.807, 2.05) is 18.2 Å². The molecule has 0 unspecified atom stereocenters. The summed E-state index contributed by atoms with van der Waals surface area (Å²) in [7, 11) is 3.80. The van der Waals surface area contributed by atoms with Crippen molar-refractivity contribution in [3.63, 3.8) is 0 Å². The molecule has 6 rings (SSSR count). The van der Waals surface area contributed by atoms with Gasteiger partial charge in [0.05, 0.1) is 36.8 Å². The van der Waals surface area contributed by atoms with E-state index in [0.29, 0.717) is 59.0 Å². The summed E-state index contributed by atoms with van der Waals surface area (Å²) >= 11 is 0. The Bertz CT molecular complexity index is 1560. The SMILES string of the molecule is C=CC(=O)Nc1cc(Nc2cc(N3OCC[C@@H]3c3cccc(C)c3F)ncn2)c(OC)cc1N1CCC(N2CCN(C)CC2)CC1. The number of hydroxylamine groups is 1. The molecule has 2 N–H and O–H groups in total. The Kier molecular flexibility index (Phi) is 9.67. The molecule has 3 aliphatic rings. The van der Waals surface area contributed by atoms with Crippen molar-refractivity contribution in [1.29, 1.82) is 0 Å². The van der Waals surface area contributed by atoms with E-state index in [4.69, 9.17) is 9.57 Å². The lowest BCUT2D eigenvalue weighted by molar-refractivity contribution is -0.111. The van der Waals surface area contributed by atoms with Gasteiger partial charge >= 0.3 is 0 Å². The molecular formula is C34H43FN8O3. The molecule has 4 heterocycles. The number of methoxy groups -OCH3 is 1. The predicted molar refractivity (Wildman–Crippen MR) is 178 cm³/mol. The van der Waals surface area contributed by atoms with E-state index < -0.39 is 0 Å². The van der Waals surface area contributed by atoms with Crippen molar-refractivity contribution < 1.29 is 18.8 Å². The van der Waals surface area contributed by atoms with Crippen LogP contribution in [0.5, 0.6) is 5.75 Å². The van der Waals surface area contributed by atoms with Crippen LogP contribution in [0.3, 0.4) is 0 Å². The average molecular weight is 631 g/mol. The smallest absolute Gasteiger partial charge is 0.247 e. The van der Waals surface area contributed by atoms with Gasteiger partial charge in [-0.25, -0.2) is 19.4 Å². The third-order valence-electron chi connectivity index (χ3n) is 9.25. The van der Waals surface area contributed by atoms with Crippen LogP contribution in [-0.2, 0) is 9.63 Å². The zero-order chi connectivity index (χ0) is 32.2. The second-order valence-corrected chi connectivity index (χ2v) is 12.1. The molecule has 11 nitrogen and oxygen atoms in total. The van der Waals surface area contributed by atoms with Gasteiger partial charge in [-0.15, -0.1) is 0 Å². The van der Waals surface area contributed by atoms with E-state index in [1.165, 1.54) is 12.4 Å². The molecular weight excluding hydrogens is 587 g/mol. The van der Waals surface area contributed by atoms with Gasteiger partial charge in [-0.3, -0.25) is 14.5 Å². The number of nitrogens with one attached hydrogen (secondary N) is 2. The number of hydrogen-bond acceptors (Lipinski definition) is 10. The van der Waals surface area contributed by atoms with Gasteiger partial charge in [0.15, 0.2) is 5.82 Å². The third kappa shape index (κ3) is 6.79. The summed E-state index contributed by atoms with van der Waals surface area (Å²) in [6, 6.07) is 11.2. The molecule has 12 heteroatoms. The number of aromatic nitrogens is 2. The molecule has 0 spiro atoms. The molecule has 3 fully saturated rings. The molecule has 0 radical (unpaired) electrons. The Labute approximate surface area is 269 Å². The summed E-state index contributed by atoms with van der Waals surface area (Å²) in [6.45, 7) is 12.0. The zero-order valence-electron chi connectivity index (χ0n) is 26.8. The zero-order valence-corrected chi connectivity index (χ0v) is 26.8. The Morgan fingerprint density at radius 3 is 2.59 bits per heavy atom. The van der Waals surface area contributed by atoms with E-state index >= 15 is 4.39 Å². The van der Waals surface area contributed by atoms with Crippen LogP contribution in [-0.4, -0.2) is 91.7 Å². The number of anilines is 5. The number of amides is 1. The number of aryl methyl sites for hydroxylation is 1. The summed E-state index contributed by atoms with van der Waals surface area (Å²) < 4.78 is 20.9. The van der Waals surface area contributed by atoms with Crippen LogP contribution in [0.4, 0.5) is 33.1 Å². The highest BCUT2D eigenvalue weighted by Gasteiger charge is 2.32. The summed E-state index contributed by atoms with van der Waals surface area (Å²) in [5, 5.41) is 7.98. The van der Waals surface area contributed by atoms with Crippen LogP contribution in [0.25, 0.3) is 0 Å². The van der Waals surface area contributed by atoms with Gasteiger partial charge in [-0.2, -0.15) is 0 Å². The largest absolute Gasteiger partial charge is 0.494 e. The number of hydrogen-bond donors (Lipinski definition) is 2. The minimum Gasteiger partial charge on any atom is -0.494 e. The number of likely N-dealkylation sites (N-methyl/N-ethyl adjacent to an activating group) is 1. The van der Waals surface area contributed by atoms with Crippen molar-refractivity contribution in [2.75, 3.05) is 80.6 Å². The topological polar surface area (TPSA) is 98.3 Å². The monoisotopic (exact) mass is 630 g/mol. The summed E-state index contributed by atoms with van der Waals surface area (Å²) in [5.74, 6) is 1.06. The second kappa shape index (κ2) is 14.0. The summed E-state index contributed by atoms with van der Waals surface area (Å²) in [6.07, 6.45) is 5.43. The first-order valence-corrected chi connectivity index (χ1v) is 15.9. The highest BCUT2D eigenvalue weighted by atomic mass is 19.1. The van der Waals surface area contributed by atoms with Crippen LogP contribution in [0.1, 0.15) is 36.4 Å². The molecule has 2 aromatic carbocycles. The maximum Gasteiger partial charge on any atom is 0.247 e. The molecule has 1 aromatic heterocycles. The Hall–Kier alpha value is -4.26. The van der Waals surface area contributed by atoms with E-state index in [0.717, 1.165) is 57.8 Å². The number of nitrogens with zero attached hydrogens (tertiary/aromatic N) is 6. The lowest BCUT2D eigenvalue weighted by Crippen LogP contribution is -2.52. The molecule has 1 atom stereocenters. The predicted octanol–water partition coefficient (Wildman–Crippen LogP) is 4.90. The lowest BCUT2D eigenvalue weighted by atomic mass is 10.0. The number of halogens is 1. The van der Waals surface area contributed by atoms with Crippen molar-refractivity contribution in [2.24, 2.45) is 0 Å². The number of carbonyl (C=O) groups is 1. The van der Waals surface area contributed by atoms with E-state index in [2.05, 4.69) is 48.9 Å². The quantitative estimate of drug-likeness (QED) is 0.318. The highest BCUT2D eigenvalue weighted by Crippen LogP contribution is 2.41. The van der Waals surface area contributed by atoms with Crippen LogP contribution in [0.2, 0.25) is 0 Å². The molecule has 1 amide bonds. The van der Waals surface area contributed by atoms with Crippen molar-refractivity contribution in [1.82, 2.24) is 19.8 Å². The van der Waals surface area contributed by atoms with E-state index in [1.54, 1.807) is 37.3 Å². The second-order valence-electron chi connectivity index (χ2n) is 12.1. The normalized spacial score (nSPS) is 19.7. The third-order valence-corrected chi connectivity index (χ3v) is 9.25. The standard InChI is InChI=1S/C34H43FN8O3/c1-5-33(44)39-26-19-27(30(45-4)20-29(26)42-12-9-24(10-13-42)41-16-14-40(3)15-17-41)38-31-21-32(37-22-36-31)43-28(11-18-46-43)25-8-6-7-23(2)34(25)35/h5-8,19-22,24,28H,1,9-18H2,2-4H3,(H,39,44)(H,36,37,38)/t28-/m1/s1. The van der Waals surface area contributed by atoms with Gasteiger partial charge in [-0.1, -0.05) is 24.8 Å². The number of rotatable bonds is 9. The molecule has 0 bridgehead atoms. The Morgan fingerprint density at radius 2 is 1.85 bits per heavy atom. The fourth-order valence-corrected chi connectivity index (χ4v) is 6.62. The minimum absolute atomic E-state index is 0.238. The van der Waals surface area contributed by atoms with E-state index in [-0.39, 0.29) is 17.8 Å². The van der Waals surface area contributed by atoms with Gasteiger partial charge in [0.2, 0.25) is 5.91 Å². The van der Waals surface area contributed by atoms with Crippen molar-refractivity contribution in [2.45, 2.75) is 38.3 Å². The Morgan fingerprint density at radius 1 is 1.07 bits per heavy atom. The van der Waals surface area contributed by atoms with E-state index in [9.17, 15) is 4.79 Å². The fourth-order valence-electron chi connectivity index (χ4n) is 6.62. The fraction of sp³-hybridized carbons (Fsp3) is 0.441. The summed E-state index contributed by atoms with van der Waals surface area (Å²) in [5.41, 5.74) is 3.32. The number of ether oxygens (including phenoxy) is 1. The molecule has 3 saturated heterocycles. The van der Waals surface area contributed by atoms with Crippen LogP contribution in [0, 0.1) is 12.7 Å². The van der Waals surface area contributed by atoms with Crippen molar-refractivity contribution >= 4 is 34.6 Å². The number of piperazine rings is 1. The van der Waals surface area contributed by atoms with Crippen LogP contribution < -0.4 is 25.3 Å². The first-order valence-electron chi connectivity index (χ1n) is 15.9. The molecule has 3 aliphatic heterocycles. The first kappa shape index (κ1) is 31.7. The summed E-state index contributed by atoms with van der Waals surface area (Å²) in [4.78, 5) is 34.6. The van der Waals surface area contributed by atoms with Gasteiger partial charge in [0.1, 0.15) is 23.7 Å². The lowest BCUT2D eigenvalue weighted by Gasteiger charge is -2.43. The maximum absolute atomic E-state index is 15.0. The van der Waals surface area contributed by atoms with Crippen LogP contribution in [0.15, 0.2) is 55.4 Å². The molecule has 46 heavy (non-hydrogen) atoms. The highest BCUT2D eigenvalue weighted by molar-refractivity contribution is 6.02. The van der Waals surface area contributed by atoms with Gasteiger partial charge < -0.3 is 25.2 Å². The van der Waals surface area contributed by atoms with Gasteiger partial charge in [0, 0.05) is 69.4 Å². The molecule has 244 valence electrons. The molecule has 3 aromatic rings. The van der Waals surface area contributed by atoms with Crippen LogP contribution >= 0.6 is 0 Å². The average Bonchev–Trinajstić information content (AvgIpc) is 3.57. The van der Waals surface area contributed by atoms with Crippen molar-refractivity contribution in [3.05, 3.63) is 72.3 Å². The minimum atomic E-state index is -0.322. The molecule has 0 saturated carbocycles. The number of benzene rings is 2. The first-order chi connectivity index (χ1) is 22.3. The van der Waals surface area contributed by atoms with Crippen molar-refractivity contribution in [3.8, 4) is 5.75 Å². The Balaban J connectivity index is 1.23.